The molecule has 2 unspecified atom stereocenters. The molecular formula is C8H18N2O. The Labute approximate surface area is 68.3 Å². The largest absolute Gasteiger partial charge is 0.330 e. The van der Waals surface area contributed by atoms with Crippen molar-refractivity contribution in [1.29, 1.82) is 0 Å². The van der Waals surface area contributed by atoms with Crippen molar-refractivity contribution in [3.8, 4) is 0 Å². The highest BCUT2D eigenvalue weighted by molar-refractivity contribution is 4.75. The van der Waals surface area contributed by atoms with Crippen LogP contribution in [-0.2, 0) is 0 Å². The second-order valence-electron chi connectivity index (χ2n) is 3.39. The van der Waals surface area contributed by atoms with Crippen LogP contribution in [0.3, 0.4) is 0 Å². The van der Waals surface area contributed by atoms with Crippen molar-refractivity contribution in [1.82, 2.24) is 0 Å². The summed E-state index contributed by atoms with van der Waals surface area (Å²) in [5, 5.41) is 3.10. The number of rotatable bonds is 5. The molecule has 0 radical (unpaired) electrons. The van der Waals surface area contributed by atoms with E-state index in [-0.39, 0.29) is 6.04 Å². The maximum absolute atomic E-state index is 10.4. The van der Waals surface area contributed by atoms with E-state index in [1.165, 1.54) is 0 Å². The Kier molecular flexibility index (Phi) is 5.03. The first kappa shape index (κ1) is 10.6. The van der Waals surface area contributed by atoms with Gasteiger partial charge in [0.25, 0.3) is 0 Å². The van der Waals surface area contributed by atoms with Gasteiger partial charge in [0.15, 0.2) is 0 Å². The Morgan fingerprint density at radius 3 is 2.18 bits per heavy atom. The predicted octanol–water partition coefficient (Wildman–Crippen LogP) is 1.76. The van der Waals surface area contributed by atoms with Gasteiger partial charge in [-0.1, -0.05) is 25.9 Å². The zero-order valence-corrected chi connectivity index (χ0v) is 7.58. The van der Waals surface area contributed by atoms with Crippen molar-refractivity contribution in [3.63, 3.8) is 0 Å². The number of hydrogen-bond acceptors (Lipinski definition) is 3. The molecule has 0 bridgehead atoms. The SMILES string of the molecule is CC(C)C(N=O)C(C)CCN. The van der Waals surface area contributed by atoms with Gasteiger partial charge in [-0.15, -0.1) is 0 Å². The zero-order chi connectivity index (χ0) is 8.85. The van der Waals surface area contributed by atoms with Gasteiger partial charge in [-0.3, -0.25) is 0 Å². The van der Waals surface area contributed by atoms with E-state index < -0.39 is 0 Å². The Bertz CT molecular complexity index is 115. The summed E-state index contributed by atoms with van der Waals surface area (Å²) in [4.78, 5) is 10.4. The molecule has 0 saturated heterocycles. The lowest BCUT2D eigenvalue weighted by molar-refractivity contribution is 0.350. The van der Waals surface area contributed by atoms with Crippen molar-refractivity contribution in [2.75, 3.05) is 6.54 Å². The van der Waals surface area contributed by atoms with Crippen LogP contribution in [0.25, 0.3) is 0 Å². The normalized spacial score (nSPS) is 16.5. The Hall–Kier alpha value is -0.440. The molecular weight excluding hydrogens is 140 g/mol. The van der Waals surface area contributed by atoms with Crippen LogP contribution in [0.5, 0.6) is 0 Å². The van der Waals surface area contributed by atoms with Crippen LogP contribution in [0.4, 0.5) is 0 Å². The monoisotopic (exact) mass is 158 g/mol. The fourth-order valence-electron chi connectivity index (χ4n) is 1.32. The maximum atomic E-state index is 10.4. The van der Waals surface area contributed by atoms with Crippen molar-refractivity contribution >= 4 is 0 Å². The van der Waals surface area contributed by atoms with E-state index in [1.54, 1.807) is 0 Å². The minimum Gasteiger partial charge on any atom is -0.330 e. The van der Waals surface area contributed by atoms with Crippen LogP contribution in [0.1, 0.15) is 27.2 Å². The number of nitrogens with two attached hydrogens (primary N) is 1. The molecule has 0 aliphatic heterocycles. The molecule has 0 amide bonds. The third kappa shape index (κ3) is 3.46. The lowest BCUT2D eigenvalue weighted by Gasteiger charge is -2.19. The van der Waals surface area contributed by atoms with Crippen LogP contribution in [-0.4, -0.2) is 12.6 Å². The van der Waals surface area contributed by atoms with Gasteiger partial charge >= 0.3 is 0 Å². The Morgan fingerprint density at radius 1 is 1.36 bits per heavy atom. The topological polar surface area (TPSA) is 55.5 Å². The molecule has 2 N–H and O–H groups in total. The van der Waals surface area contributed by atoms with E-state index in [1.807, 2.05) is 20.8 Å². The Morgan fingerprint density at radius 2 is 1.91 bits per heavy atom. The molecule has 0 fully saturated rings. The van der Waals surface area contributed by atoms with Crippen molar-refractivity contribution < 1.29 is 0 Å². The van der Waals surface area contributed by atoms with E-state index in [0.29, 0.717) is 18.4 Å². The molecule has 0 aliphatic carbocycles. The molecule has 11 heavy (non-hydrogen) atoms. The van der Waals surface area contributed by atoms with Crippen LogP contribution in [0.2, 0.25) is 0 Å². The fraction of sp³-hybridized carbons (Fsp3) is 1.00. The fourth-order valence-corrected chi connectivity index (χ4v) is 1.32. The smallest absolute Gasteiger partial charge is 0.0968 e. The molecule has 0 rings (SSSR count). The molecule has 0 saturated carbocycles. The molecule has 66 valence electrons. The summed E-state index contributed by atoms with van der Waals surface area (Å²) < 4.78 is 0. The predicted molar refractivity (Wildman–Crippen MR) is 47.3 cm³/mol. The molecule has 0 heterocycles. The first-order chi connectivity index (χ1) is 5.13. The van der Waals surface area contributed by atoms with Gasteiger partial charge in [-0.05, 0) is 24.8 Å². The quantitative estimate of drug-likeness (QED) is 0.620. The molecule has 0 aromatic rings. The van der Waals surface area contributed by atoms with Gasteiger partial charge in [0.05, 0.1) is 6.04 Å². The van der Waals surface area contributed by atoms with Crippen molar-refractivity contribution in [3.05, 3.63) is 4.91 Å². The van der Waals surface area contributed by atoms with E-state index in [0.717, 1.165) is 6.42 Å². The molecule has 3 nitrogen and oxygen atoms in total. The summed E-state index contributed by atoms with van der Waals surface area (Å²) in [6.07, 6.45) is 0.884. The highest BCUT2D eigenvalue weighted by Crippen LogP contribution is 2.18. The van der Waals surface area contributed by atoms with Crippen LogP contribution in [0, 0.1) is 16.7 Å². The van der Waals surface area contributed by atoms with Gasteiger partial charge in [-0.2, -0.15) is 4.91 Å². The molecule has 0 aromatic heterocycles. The maximum Gasteiger partial charge on any atom is 0.0968 e. The second-order valence-corrected chi connectivity index (χ2v) is 3.39. The highest BCUT2D eigenvalue weighted by atomic mass is 16.3. The summed E-state index contributed by atoms with van der Waals surface area (Å²) in [5.74, 6) is 0.645. The first-order valence-electron chi connectivity index (χ1n) is 4.16. The second kappa shape index (κ2) is 5.24. The summed E-state index contributed by atoms with van der Waals surface area (Å²) in [5.41, 5.74) is 5.38. The number of nitrogens with zero attached hydrogens (tertiary/aromatic N) is 1. The lowest BCUT2D eigenvalue weighted by Crippen LogP contribution is -2.23. The van der Waals surface area contributed by atoms with Gasteiger partial charge in [0.1, 0.15) is 0 Å². The molecule has 0 aliphatic rings. The summed E-state index contributed by atoms with van der Waals surface area (Å²) in [7, 11) is 0. The number of nitroso groups, excluding NO2 is 1. The molecule has 3 heteroatoms. The molecule has 2 atom stereocenters. The van der Waals surface area contributed by atoms with Gasteiger partial charge < -0.3 is 5.73 Å². The van der Waals surface area contributed by atoms with Crippen LogP contribution >= 0.6 is 0 Å². The zero-order valence-electron chi connectivity index (χ0n) is 7.58. The average molecular weight is 158 g/mol. The van der Waals surface area contributed by atoms with Crippen molar-refractivity contribution in [2.45, 2.75) is 33.2 Å². The van der Waals surface area contributed by atoms with E-state index in [2.05, 4.69) is 5.18 Å². The summed E-state index contributed by atoms with van der Waals surface area (Å²) in [6, 6.07) is -0.0708. The minimum absolute atomic E-state index is 0.0708. The Balaban J connectivity index is 3.91. The average Bonchev–Trinajstić information content (AvgIpc) is 1.88. The highest BCUT2D eigenvalue weighted by Gasteiger charge is 2.20. The minimum atomic E-state index is -0.0708. The molecule has 0 spiro atoms. The molecule has 0 aromatic carbocycles. The first-order valence-corrected chi connectivity index (χ1v) is 4.16. The summed E-state index contributed by atoms with van der Waals surface area (Å²) in [6.45, 7) is 6.69. The summed E-state index contributed by atoms with van der Waals surface area (Å²) >= 11 is 0. The number of hydrogen-bond donors (Lipinski definition) is 1. The van der Waals surface area contributed by atoms with Crippen LogP contribution in [0.15, 0.2) is 5.18 Å². The van der Waals surface area contributed by atoms with E-state index in [4.69, 9.17) is 5.73 Å². The van der Waals surface area contributed by atoms with Gasteiger partial charge in [0.2, 0.25) is 0 Å². The van der Waals surface area contributed by atoms with Gasteiger partial charge in [0, 0.05) is 0 Å². The third-order valence-electron chi connectivity index (χ3n) is 2.01. The standard InChI is InChI=1S/C8H18N2O/c1-6(2)8(10-11)7(3)4-5-9/h6-8H,4-5,9H2,1-3H3. The van der Waals surface area contributed by atoms with E-state index >= 15 is 0 Å². The van der Waals surface area contributed by atoms with Crippen molar-refractivity contribution in [2.24, 2.45) is 22.7 Å². The third-order valence-corrected chi connectivity index (χ3v) is 2.01. The van der Waals surface area contributed by atoms with Gasteiger partial charge in [-0.25, -0.2) is 0 Å². The van der Waals surface area contributed by atoms with Crippen LogP contribution < -0.4 is 5.73 Å². The lowest BCUT2D eigenvalue weighted by atomic mass is 9.90. The van der Waals surface area contributed by atoms with E-state index in [9.17, 15) is 4.91 Å².